The average molecular weight is 337 g/mol. The Labute approximate surface area is 148 Å². The molecule has 2 aliphatic rings. The van der Waals surface area contributed by atoms with Crippen molar-refractivity contribution in [1.29, 1.82) is 5.26 Å². The minimum atomic E-state index is -0.274. The van der Waals surface area contributed by atoms with Gasteiger partial charge < -0.3 is 9.80 Å². The highest BCUT2D eigenvalue weighted by molar-refractivity contribution is 5.94. The molecule has 0 N–H and O–H groups in total. The molecular formula is C20H23N3O2. The van der Waals surface area contributed by atoms with Crippen LogP contribution >= 0.6 is 0 Å². The number of benzene rings is 1. The molecule has 1 atom stereocenters. The van der Waals surface area contributed by atoms with E-state index in [1.54, 1.807) is 30.3 Å². The maximum atomic E-state index is 12.9. The lowest BCUT2D eigenvalue weighted by atomic mass is 9.79. The van der Waals surface area contributed by atoms with Crippen LogP contribution in [0.2, 0.25) is 0 Å². The Morgan fingerprint density at radius 3 is 2.92 bits per heavy atom. The summed E-state index contributed by atoms with van der Waals surface area (Å²) in [7, 11) is 0. The molecule has 0 radical (unpaired) electrons. The summed E-state index contributed by atoms with van der Waals surface area (Å²) in [6.45, 7) is 5.56. The maximum absolute atomic E-state index is 12.9. The van der Waals surface area contributed by atoms with Crippen LogP contribution < -0.4 is 0 Å². The lowest BCUT2D eigenvalue weighted by Crippen LogP contribution is -2.63. The normalized spacial score (nSPS) is 23.4. The van der Waals surface area contributed by atoms with E-state index in [4.69, 9.17) is 5.26 Å². The van der Waals surface area contributed by atoms with Gasteiger partial charge >= 0.3 is 0 Å². The van der Waals surface area contributed by atoms with E-state index >= 15 is 0 Å². The Hall–Kier alpha value is -2.61. The van der Waals surface area contributed by atoms with E-state index in [0.29, 0.717) is 37.2 Å². The molecule has 2 fully saturated rings. The number of rotatable bonds is 3. The standard InChI is InChI=1S/C20H23N3O2/c1-2-11-23-18(24)8-4-9-20(23)10-5-12-22(15-20)19(25)17-7-3-6-16(13-17)14-21/h2-3,6-7,13H,1,4-5,8-12,15H2. The minimum absolute atomic E-state index is 0.0623. The van der Waals surface area contributed by atoms with Gasteiger partial charge in [-0.1, -0.05) is 12.1 Å². The highest BCUT2D eigenvalue weighted by Gasteiger charge is 2.45. The van der Waals surface area contributed by atoms with Crippen LogP contribution in [0.25, 0.3) is 0 Å². The Bertz CT molecular complexity index is 733. The molecule has 3 rings (SSSR count). The number of piperidine rings is 2. The van der Waals surface area contributed by atoms with E-state index in [-0.39, 0.29) is 17.4 Å². The number of carbonyl (C=O) groups is 2. The van der Waals surface area contributed by atoms with E-state index in [9.17, 15) is 9.59 Å². The summed E-state index contributed by atoms with van der Waals surface area (Å²) < 4.78 is 0. The van der Waals surface area contributed by atoms with Gasteiger partial charge in [-0.05, 0) is 43.9 Å². The number of amides is 2. The van der Waals surface area contributed by atoms with E-state index in [2.05, 4.69) is 12.6 Å². The highest BCUT2D eigenvalue weighted by Crippen LogP contribution is 2.37. The molecule has 2 amide bonds. The van der Waals surface area contributed by atoms with Gasteiger partial charge in [0.25, 0.3) is 5.91 Å². The van der Waals surface area contributed by atoms with Gasteiger partial charge in [-0.25, -0.2) is 0 Å². The predicted octanol–water partition coefficient (Wildman–Crippen LogP) is 2.73. The molecule has 5 nitrogen and oxygen atoms in total. The van der Waals surface area contributed by atoms with E-state index in [0.717, 1.165) is 25.7 Å². The molecule has 1 unspecified atom stereocenters. The van der Waals surface area contributed by atoms with E-state index < -0.39 is 0 Å². The number of nitrogens with zero attached hydrogens (tertiary/aromatic N) is 3. The van der Waals surface area contributed by atoms with Crippen LogP contribution in [0.5, 0.6) is 0 Å². The molecule has 2 saturated heterocycles. The first-order valence-corrected chi connectivity index (χ1v) is 8.80. The fourth-order valence-electron chi connectivity index (χ4n) is 4.14. The van der Waals surface area contributed by atoms with Gasteiger partial charge in [-0.2, -0.15) is 5.26 Å². The third-order valence-electron chi connectivity index (χ3n) is 5.30. The zero-order valence-corrected chi connectivity index (χ0v) is 14.4. The fourth-order valence-corrected chi connectivity index (χ4v) is 4.14. The molecule has 25 heavy (non-hydrogen) atoms. The highest BCUT2D eigenvalue weighted by atomic mass is 16.2. The van der Waals surface area contributed by atoms with Crippen molar-refractivity contribution < 1.29 is 9.59 Å². The molecule has 2 heterocycles. The molecule has 0 saturated carbocycles. The maximum Gasteiger partial charge on any atom is 0.253 e. The van der Waals surface area contributed by atoms with Crippen LogP contribution in [-0.2, 0) is 4.79 Å². The van der Waals surface area contributed by atoms with Crippen molar-refractivity contribution in [3.8, 4) is 6.07 Å². The molecule has 0 aliphatic carbocycles. The summed E-state index contributed by atoms with van der Waals surface area (Å²) in [4.78, 5) is 29.1. The summed E-state index contributed by atoms with van der Waals surface area (Å²) in [6.07, 6.45) is 5.95. The Morgan fingerprint density at radius 2 is 2.16 bits per heavy atom. The minimum Gasteiger partial charge on any atom is -0.336 e. The number of carbonyl (C=O) groups excluding carboxylic acids is 2. The molecular weight excluding hydrogens is 314 g/mol. The Morgan fingerprint density at radius 1 is 1.36 bits per heavy atom. The SMILES string of the molecule is C=CCN1C(=O)CCCC12CCCN(C(=O)c1cccc(C#N)c1)C2. The Kier molecular flexibility index (Phi) is 4.89. The second kappa shape index (κ2) is 7.10. The topological polar surface area (TPSA) is 64.4 Å². The summed E-state index contributed by atoms with van der Waals surface area (Å²) in [6, 6.07) is 8.89. The van der Waals surface area contributed by atoms with Gasteiger partial charge in [0, 0.05) is 31.6 Å². The number of hydrogen-bond donors (Lipinski definition) is 0. The summed E-state index contributed by atoms with van der Waals surface area (Å²) >= 11 is 0. The second-order valence-corrected chi connectivity index (χ2v) is 6.89. The molecule has 130 valence electrons. The van der Waals surface area contributed by atoms with Crippen LogP contribution in [0.3, 0.4) is 0 Å². The first kappa shape index (κ1) is 17.2. The fraction of sp³-hybridized carbons (Fsp3) is 0.450. The van der Waals surface area contributed by atoms with Crippen molar-refractivity contribution >= 4 is 11.8 Å². The number of nitriles is 1. The third-order valence-corrected chi connectivity index (χ3v) is 5.30. The molecule has 5 heteroatoms. The van der Waals surface area contributed by atoms with Gasteiger partial charge in [0.1, 0.15) is 0 Å². The largest absolute Gasteiger partial charge is 0.336 e. The number of hydrogen-bond acceptors (Lipinski definition) is 3. The van der Waals surface area contributed by atoms with Crippen molar-refractivity contribution in [2.45, 2.75) is 37.6 Å². The second-order valence-electron chi connectivity index (χ2n) is 6.89. The van der Waals surface area contributed by atoms with Crippen LogP contribution in [0, 0.1) is 11.3 Å². The molecule has 0 aromatic heterocycles. The van der Waals surface area contributed by atoms with Crippen molar-refractivity contribution in [1.82, 2.24) is 9.80 Å². The van der Waals surface area contributed by atoms with Gasteiger partial charge in [0.05, 0.1) is 17.2 Å². The van der Waals surface area contributed by atoms with Crippen LogP contribution in [0.1, 0.15) is 48.0 Å². The third kappa shape index (κ3) is 3.30. The summed E-state index contributed by atoms with van der Waals surface area (Å²) in [5.41, 5.74) is 0.747. The molecule has 1 spiro atoms. The van der Waals surface area contributed by atoms with Crippen molar-refractivity contribution in [2.75, 3.05) is 19.6 Å². The molecule has 1 aromatic carbocycles. The van der Waals surface area contributed by atoms with Gasteiger partial charge in [-0.15, -0.1) is 6.58 Å². The smallest absolute Gasteiger partial charge is 0.253 e. The lowest BCUT2D eigenvalue weighted by Gasteiger charge is -2.52. The average Bonchev–Trinajstić information content (AvgIpc) is 2.64. The first-order valence-electron chi connectivity index (χ1n) is 8.80. The summed E-state index contributed by atoms with van der Waals surface area (Å²) in [5.74, 6) is 0.0969. The molecule has 2 aliphatic heterocycles. The van der Waals surface area contributed by atoms with Crippen LogP contribution in [0.15, 0.2) is 36.9 Å². The van der Waals surface area contributed by atoms with Gasteiger partial charge in [0.2, 0.25) is 5.91 Å². The zero-order valence-electron chi connectivity index (χ0n) is 14.4. The van der Waals surface area contributed by atoms with E-state index in [1.807, 2.05) is 9.80 Å². The van der Waals surface area contributed by atoms with E-state index in [1.165, 1.54) is 0 Å². The van der Waals surface area contributed by atoms with Gasteiger partial charge in [0.15, 0.2) is 0 Å². The predicted molar refractivity (Wildman–Crippen MR) is 94.8 cm³/mol. The zero-order chi connectivity index (χ0) is 17.9. The lowest BCUT2D eigenvalue weighted by molar-refractivity contribution is -0.143. The monoisotopic (exact) mass is 337 g/mol. The van der Waals surface area contributed by atoms with Crippen molar-refractivity contribution in [2.24, 2.45) is 0 Å². The molecule has 1 aromatic rings. The van der Waals surface area contributed by atoms with Crippen LogP contribution in [0.4, 0.5) is 0 Å². The summed E-state index contributed by atoms with van der Waals surface area (Å²) in [5, 5.41) is 9.05. The molecule has 0 bridgehead atoms. The van der Waals surface area contributed by atoms with Crippen molar-refractivity contribution in [3.63, 3.8) is 0 Å². The quantitative estimate of drug-likeness (QED) is 0.797. The van der Waals surface area contributed by atoms with Gasteiger partial charge in [-0.3, -0.25) is 9.59 Å². The van der Waals surface area contributed by atoms with Crippen molar-refractivity contribution in [3.05, 3.63) is 48.0 Å². The number of likely N-dealkylation sites (tertiary alicyclic amines) is 2. The first-order chi connectivity index (χ1) is 12.1. The van der Waals surface area contributed by atoms with Crippen LogP contribution in [-0.4, -0.2) is 46.8 Å². The Balaban J connectivity index is 1.84.